The number of aliphatic carboxylic acids is 1. The summed E-state index contributed by atoms with van der Waals surface area (Å²) >= 11 is 0. The monoisotopic (exact) mass is 144 g/mol. The molecule has 1 rings (SSSR count). The summed E-state index contributed by atoms with van der Waals surface area (Å²) < 4.78 is 0. The number of hydrogen-bond acceptors (Lipinski definition) is 3. The number of nitrogens with one attached hydrogen (secondary N) is 1. The predicted octanol–water partition coefficient (Wildman–Crippen LogP) is -0.992. The Morgan fingerprint density at radius 3 is 2.80 bits per heavy atom. The highest BCUT2D eigenvalue weighted by Crippen LogP contribution is 2.11. The van der Waals surface area contributed by atoms with Gasteiger partial charge in [-0.2, -0.15) is 0 Å². The summed E-state index contributed by atoms with van der Waals surface area (Å²) in [7, 11) is 0. The number of hydrogen-bond donors (Lipinski definition) is 3. The predicted molar refractivity (Wildman–Crippen MR) is 36.6 cm³/mol. The highest BCUT2D eigenvalue weighted by Gasteiger charge is 2.27. The largest absolute Gasteiger partial charge is 0.480 e. The van der Waals surface area contributed by atoms with Gasteiger partial charge in [0.15, 0.2) is 0 Å². The summed E-state index contributed by atoms with van der Waals surface area (Å²) in [4.78, 5) is 10.4. The second-order valence-corrected chi connectivity index (χ2v) is 2.64. The topological polar surface area (TPSA) is 75.3 Å². The van der Waals surface area contributed by atoms with Crippen LogP contribution in [0.15, 0.2) is 0 Å². The molecule has 0 spiro atoms. The van der Waals surface area contributed by atoms with Crippen LogP contribution in [0.2, 0.25) is 0 Å². The molecule has 0 radical (unpaired) electrons. The molecule has 1 aliphatic heterocycles. The SMILES string of the molecule is NCC1CN[C@H](C(=O)O)C1. The Morgan fingerprint density at radius 1 is 1.80 bits per heavy atom. The molecule has 0 aromatic heterocycles. The summed E-state index contributed by atoms with van der Waals surface area (Å²) in [5, 5.41) is 11.4. The van der Waals surface area contributed by atoms with Crippen molar-refractivity contribution in [3.05, 3.63) is 0 Å². The van der Waals surface area contributed by atoms with Crippen molar-refractivity contribution in [2.24, 2.45) is 11.7 Å². The van der Waals surface area contributed by atoms with Crippen LogP contribution >= 0.6 is 0 Å². The van der Waals surface area contributed by atoms with Crippen LogP contribution in [0.25, 0.3) is 0 Å². The maximum Gasteiger partial charge on any atom is 0.320 e. The van der Waals surface area contributed by atoms with E-state index in [-0.39, 0.29) is 6.04 Å². The van der Waals surface area contributed by atoms with Gasteiger partial charge in [0.25, 0.3) is 0 Å². The second kappa shape index (κ2) is 2.98. The van der Waals surface area contributed by atoms with E-state index in [0.29, 0.717) is 18.9 Å². The first-order valence-corrected chi connectivity index (χ1v) is 3.40. The standard InChI is InChI=1S/C6H12N2O2/c7-2-4-1-5(6(9)10)8-3-4/h4-5,8H,1-3,7H2,(H,9,10)/t4?,5-/m0/s1. The molecule has 2 atom stereocenters. The first kappa shape index (κ1) is 7.50. The van der Waals surface area contributed by atoms with Crippen molar-refractivity contribution >= 4 is 5.97 Å². The van der Waals surface area contributed by atoms with Gasteiger partial charge in [-0.1, -0.05) is 0 Å². The summed E-state index contributed by atoms with van der Waals surface area (Å²) in [5.41, 5.74) is 5.36. The molecule has 1 heterocycles. The van der Waals surface area contributed by atoms with Crippen LogP contribution in [-0.2, 0) is 4.79 Å². The van der Waals surface area contributed by atoms with Crippen LogP contribution in [0, 0.1) is 5.92 Å². The Hall–Kier alpha value is -0.610. The van der Waals surface area contributed by atoms with Gasteiger partial charge >= 0.3 is 5.97 Å². The molecule has 0 aliphatic carbocycles. The lowest BCUT2D eigenvalue weighted by atomic mass is 10.1. The molecular weight excluding hydrogens is 132 g/mol. The normalized spacial score (nSPS) is 32.5. The zero-order valence-electron chi connectivity index (χ0n) is 5.71. The maximum absolute atomic E-state index is 10.4. The highest BCUT2D eigenvalue weighted by molar-refractivity contribution is 5.73. The first-order valence-electron chi connectivity index (χ1n) is 3.40. The van der Waals surface area contributed by atoms with Crippen molar-refractivity contribution in [1.82, 2.24) is 5.32 Å². The molecule has 1 fully saturated rings. The van der Waals surface area contributed by atoms with E-state index in [1.807, 2.05) is 0 Å². The van der Waals surface area contributed by atoms with Crippen LogP contribution in [0.4, 0.5) is 0 Å². The molecule has 1 aliphatic rings. The smallest absolute Gasteiger partial charge is 0.320 e. The molecule has 0 aromatic rings. The Morgan fingerprint density at radius 2 is 2.50 bits per heavy atom. The third-order valence-corrected chi connectivity index (χ3v) is 1.85. The lowest BCUT2D eigenvalue weighted by Gasteiger charge is -2.02. The van der Waals surface area contributed by atoms with Crippen LogP contribution in [-0.4, -0.2) is 30.2 Å². The van der Waals surface area contributed by atoms with Crippen molar-refractivity contribution in [3.8, 4) is 0 Å². The Labute approximate surface area is 59.4 Å². The van der Waals surface area contributed by atoms with Crippen LogP contribution in [0.5, 0.6) is 0 Å². The molecule has 0 saturated carbocycles. The Bertz CT molecular complexity index is 138. The average Bonchev–Trinajstić information content (AvgIpc) is 2.34. The van der Waals surface area contributed by atoms with Gasteiger partial charge in [-0.05, 0) is 18.9 Å². The third-order valence-electron chi connectivity index (χ3n) is 1.85. The second-order valence-electron chi connectivity index (χ2n) is 2.64. The Balaban J connectivity index is 2.35. The minimum atomic E-state index is -0.768. The van der Waals surface area contributed by atoms with Crippen molar-refractivity contribution in [1.29, 1.82) is 0 Å². The maximum atomic E-state index is 10.4. The van der Waals surface area contributed by atoms with Crippen LogP contribution in [0.3, 0.4) is 0 Å². The van der Waals surface area contributed by atoms with Gasteiger partial charge in [-0.3, -0.25) is 4.79 Å². The highest BCUT2D eigenvalue weighted by atomic mass is 16.4. The minimum absolute atomic E-state index is 0.348. The minimum Gasteiger partial charge on any atom is -0.480 e. The van der Waals surface area contributed by atoms with E-state index in [1.54, 1.807) is 0 Å². The van der Waals surface area contributed by atoms with Crippen LogP contribution in [0.1, 0.15) is 6.42 Å². The number of rotatable bonds is 2. The summed E-state index contributed by atoms with van der Waals surface area (Å²) in [6.45, 7) is 1.32. The average molecular weight is 144 g/mol. The fourth-order valence-corrected chi connectivity index (χ4v) is 1.18. The van der Waals surface area contributed by atoms with E-state index in [4.69, 9.17) is 10.8 Å². The van der Waals surface area contributed by atoms with E-state index < -0.39 is 5.97 Å². The molecule has 4 N–H and O–H groups in total. The van der Waals surface area contributed by atoms with Gasteiger partial charge < -0.3 is 16.2 Å². The van der Waals surface area contributed by atoms with Gasteiger partial charge in [0, 0.05) is 6.54 Å². The molecule has 0 amide bonds. The molecule has 58 valence electrons. The molecular formula is C6H12N2O2. The lowest BCUT2D eigenvalue weighted by molar-refractivity contribution is -0.139. The van der Waals surface area contributed by atoms with Gasteiger partial charge in [0.05, 0.1) is 0 Å². The molecule has 1 unspecified atom stereocenters. The van der Waals surface area contributed by atoms with Gasteiger partial charge in [-0.15, -0.1) is 0 Å². The fourth-order valence-electron chi connectivity index (χ4n) is 1.18. The van der Waals surface area contributed by atoms with Gasteiger partial charge in [-0.25, -0.2) is 0 Å². The van der Waals surface area contributed by atoms with Crippen molar-refractivity contribution in [3.63, 3.8) is 0 Å². The third kappa shape index (κ3) is 1.46. The molecule has 0 aromatic carbocycles. The summed E-state index contributed by atoms with van der Waals surface area (Å²) in [6, 6.07) is -0.367. The van der Waals surface area contributed by atoms with Crippen molar-refractivity contribution in [2.75, 3.05) is 13.1 Å². The molecule has 4 nitrogen and oxygen atoms in total. The lowest BCUT2D eigenvalue weighted by Crippen LogP contribution is -2.29. The number of nitrogens with two attached hydrogens (primary N) is 1. The van der Waals surface area contributed by atoms with E-state index in [9.17, 15) is 4.79 Å². The number of carboxylic acids is 1. The molecule has 1 saturated heterocycles. The van der Waals surface area contributed by atoms with Crippen molar-refractivity contribution in [2.45, 2.75) is 12.5 Å². The quantitative estimate of drug-likeness (QED) is 0.465. The zero-order chi connectivity index (χ0) is 7.56. The Kier molecular flexibility index (Phi) is 2.24. The molecule has 0 bridgehead atoms. The van der Waals surface area contributed by atoms with Crippen LogP contribution < -0.4 is 11.1 Å². The number of carboxylic acid groups (broad SMARTS) is 1. The van der Waals surface area contributed by atoms with E-state index in [2.05, 4.69) is 5.32 Å². The van der Waals surface area contributed by atoms with E-state index >= 15 is 0 Å². The first-order chi connectivity index (χ1) is 4.74. The summed E-state index contributed by atoms with van der Waals surface area (Å²) in [5.74, 6) is -0.419. The van der Waals surface area contributed by atoms with E-state index in [1.165, 1.54) is 0 Å². The molecule has 10 heavy (non-hydrogen) atoms. The molecule has 4 heteroatoms. The van der Waals surface area contributed by atoms with Gasteiger partial charge in [0.1, 0.15) is 6.04 Å². The van der Waals surface area contributed by atoms with Gasteiger partial charge in [0.2, 0.25) is 0 Å². The van der Waals surface area contributed by atoms with E-state index in [0.717, 1.165) is 6.54 Å². The fraction of sp³-hybridized carbons (Fsp3) is 0.833. The number of carbonyl (C=O) groups is 1. The summed E-state index contributed by atoms with van der Waals surface area (Å²) in [6.07, 6.45) is 0.672. The van der Waals surface area contributed by atoms with Crippen molar-refractivity contribution < 1.29 is 9.90 Å². The zero-order valence-corrected chi connectivity index (χ0v) is 5.71.